The highest BCUT2D eigenvalue weighted by Gasteiger charge is 2.35. The first-order valence-electron chi connectivity index (χ1n) is 19.9. The fourth-order valence-electron chi connectivity index (χ4n) is 6.71. The molecule has 0 spiro atoms. The van der Waals surface area contributed by atoms with Gasteiger partial charge in [-0.15, -0.1) is 0 Å². The molecular weight excluding hydrogens is 849 g/mol. The number of hydrogen-bond donors (Lipinski definition) is 5. The predicted octanol–water partition coefficient (Wildman–Crippen LogP) is 5.69. The minimum absolute atomic E-state index is 0. The van der Waals surface area contributed by atoms with E-state index in [2.05, 4.69) is 35.1 Å². The zero-order chi connectivity index (χ0) is 41.5. The molecule has 6 rings (SSSR count). The van der Waals surface area contributed by atoms with Gasteiger partial charge in [0.2, 0.25) is 5.91 Å². The van der Waals surface area contributed by atoms with Gasteiger partial charge in [0.15, 0.2) is 0 Å². The van der Waals surface area contributed by atoms with Gasteiger partial charge >= 0.3 is 5.97 Å². The molecule has 2 aromatic heterocycles. The van der Waals surface area contributed by atoms with Crippen molar-refractivity contribution in [3.63, 3.8) is 0 Å². The highest BCUT2D eigenvalue weighted by atomic mass is 32.1. The molecule has 0 saturated heterocycles. The first kappa shape index (κ1) is 57.4. The number of nitrogens with two attached hydrogens (primary N) is 1. The number of benzene rings is 2. The summed E-state index contributed by atoms with van der Waals surface area (Å²) in [6, 6.07) is 15.1. The Labute approximate surface area is 390 Å². The van der Waals surface area contributed by atoms with E-state index in [1.807, 2.05) is 78.7 Å². The van der Waals surface area contributed by atoms with Crippen LogP contribution in [0, 0.1) is 25.7 Å². The summed E-state index contributed by atoms with van der Waals surface area (Å²) in [4.78, 5) is 44.5. The molecule has 0 radical (unpaired) electrons. The average Bonchev–Trinajstić information content (AvgIpc) is 4.12. The molecule has 13 nitrogen and oxygen atoms in total. The fourth-order valence-corrected chi connectivity index (χ4v) is 6.71. The number of carbonyl (C=O) groups is 2. The molecule has 0 unspecified atom stereocenters. The summed E-state index contributed by atoms with van der Waals surface area (Å²) in [6.45, 7) is 4.94. The van der Waals surface area contributed by atoms with Gasteiger partial charge in [-0.1, -0.05) is 24.3 Å². The van der Waals surface area contributed by atoms with Gasteiger partial charge in [0.25, 0.3) is 0 Å². The number of aryl methyl sites for hydroxylation is 2. The number of amides is 1. The number of aromatic hydroxyl groups is 2. The Balaban J connectivity index is 0.000000933. The molecule has 4 aromatic rings. The molecule has 4 atom stereocenters. The van der Waals surface area contributed by atoms with Crippen LogP contribution < -0.4 is 11.1 Å². The van der Waals surface area contributed by atoms with Crippen LogP contribution in [-0.4, -0.2) is 110 Å². The fraction of sp³-hybridized carbons (Fsp3) is 0.500. The van der Waals surface area contributed by atoms with Crippen molar-refractivity contribution < 1.29 is 24.9 Å². The lowest BCUT2D eigenvalue weighted by atomic mass is 9.92. The molecule has 6 N–H and O–H groups in total. The number of phenolic OH excluding ortho intramolecular Hbond substituents is 2. The molecule has 0 aliphatic heterocycles. The molecule has 340 valence electrons. The molecule has 2 fully saturated rings. The number of aromatic nitrogens is 4. The van der Waals surface area contributed by atoms with E-state index < -0.39 is 5.97 Å². The van der Waals surface area contributed by atoms with Gasteiger partial charge in [-0.2, -0.15) is 54.0 Å². The minimum atomic E-state index is -0.743. The quantitative estimate of drug-likeness (QED) is 0.0872. The minimum Gasteiger partial charge on any atom is -0.508 e. The van der Waals surface area contributed by atoms with E-state index >= 15 is 0 Å². The topological polar surface area (TPSA) is 191 Å². The lowest BCUT2D eigenvalue weighted by Gasteiger charge is -2.25. The number of carboxylic acids is 1. The number of hydrogen-bond acceptors (Lipinski definition) is 11. The summed E-state index contributed by atoms with van der Waals surface area (Å²) >= 11 is 0. The smallest absolute Gasteiger partial charge is 0.303 e. The first-order valence-corrected chi connectivity index (χ1v) is 19.9. The maximum Gasteiger partial charge on any atom is 0.303 e. The van der Waals surface area contributed by atoms with Gasteiger partial charge in [0.1, 0.15) is 23.1 Å². The number of carboxylic acid groups (broad SMARTS) is 1. The predicted molar refractivity (Wildman–Crippen MR) is 263 cm³/mol. The van der Waals surface area contributed by atoms with Crippen LogP contribution in [0.25, 0.3) is 0 Å². The molecule has 2 aromatic carbocycles. The molecule has 2 aliphatic carbocycles. The van der Waals surface area contributed by atoms with Crippen molar-refractivity contribution in [2.75, 3.05) is 41.3 Å². The van der Waals surface area contributed by atoms with E-state index in [1.54, 1.807) is 36.7 Å². The summed E-state index contributed by atoms with van der Waals surface area (Å²) in [5, 5.41) is 30.5. The largest absolute Gasteiger partial charge is 0.508 e. The van der Waals surface area contributed by atoms with Crippen molar-refractivity contribution in [3.8, 4) is 11.5 Å². The van der Waals surface area contributed by atoms with E-state index in [0.29, 0.717) is 43.1 Å². The maximum atomic E-state index is 12.6. The molecule has 17 heteroatoms. The number of rotatable bonds is 17. The van der Waals surface area contributed by atoms with E-state index in [0.717, 1.165) is 54.0 Å². The molecular formula is C44H70N8O5S4. The monoisotopic (exact) mass is 918 g/mol. The second-order valence-electron chi connectivity index (χ2n) is 15.8. The standard InChI is InChI=1S/C22H30N4O2.C11H14N2O2.C11H18N2O.4H2S/c1-15-23-12-18(13-24-15)21(17-6-7-17)11-22(28)25-14-19(26(2)3)10-16-4-8-20(27)9-5-16;1-7-12-5-9(6-13-7)10(4-11(14)15)8-2-3-8;1-13(2)10(8-12)7-9-3-5-11(14)6-4-9;;;;/h4-5,8-9,12-13,17,19,21,27H,6-7,10-11,14H2,1-3H3,(H,25,28);5-6,8,10H,2-4H2,1H3,(H,14,15);3-6,10,14H,7-8,12H2,1-2H3;4*1H2/t19-,21-;2*10-;;;;/m000..../s1. The molecule has 0 bridgehead atoms. The second kappa shape index (κ2) is 28.9. The maximum absolute atomic E-state index is 12.6. The van der Waals surface area contributed by atoms with Crippen molar-refractivity contribution in [2.24, 2.45) is 17.6 Å². The van der Waals surface area contributed by atoms with Gasteiger partial charge in [-0.25, -0.2) is 19.9 Å². The Morgan fingerprint density at radius 2 is 1.02 bits per heavy atom. The second-order valence-corrected chi connectivity index (χ2v) is 15.8. The Bertz CT molecular complexity index is 1820. The third kappa shape index (κ3) is 20.9. The van der Waals surface area contributed by atoms with Gasteiger partial charge in [-0.05, 0) is 145 Å². The van der Waals surface area contributed by atoms with E-state index in [1.165, 1.54) is 18.4 Å². The summed E-state index contributed by atoms with van der Waals surface area (Å²) in [6.07, 6.45) is 14.3. The molecule has 2 aliphatic rings. The summed E-state index contributed by atoms with van der Waals surface area (Å²) < 4.78 is 0. The van der Waals surface area contributed by atoms with Crippen LogP contribution in [0.5, 0.6) is 11.5 Å². The van der Waals surface area contributed by atoms with Crippen LogP contribution in [0.4, 0.5) is 0 Å². The van der Waals surface area contributed by atoms with Crippen LogP contribution in [0.3, 0.4) is 0 Å². The lowest BCUT2D eigenvalue weighted by Crippen LogP contribution is -2.42. The van der Waals surface area contributed by atoms with Gasteiger partial charge < -0.3 is 36.2 Å². The van der Waals surface area contributed by atoms with Crippen molar-refractivity contribution in [3.05, 3.63) is 107 Å². The highest BCUT2D eigenvalue weighted by molar-refractivity contribution is 7.59. The Morgan fingerprint density at radius 1 is 0.656 bits per heavy atom. The number of nitrogens with one attached hydrogen (secondary N) is 1. The van der Waals surface area contributed by atoms with Crippen LogP contribution in [0.1, 0.15) is 84.3 Å². The SMILES string of the molecule is CN(C)[C@H](CN)Cc1ccc(O)cc1.Cc1ncc([C@@H](CC(=O)NC[C@H](Cc2ccc(O)cc2)N(C)C)C2CC2)cn1.Cc1ncc([C@@H](CC(=O)O)C2CC2)cn1.S.S.S.S. The zero-order valence-electron chi connectivity index (χ0n) is 36.4. The lowest BCUT2D eigenvalue weighted by molar-refractivity contribution is -0.137. The number of nitrogens with zero attached hydrogens (tertiary/aromatic N) is 6. The van der Waals surface area contributed by atoms with Gasteiger partial charge in [-0.3, -0.25) is 9.59 Å². The van der Waals surface area contributed by atoms with Crippen LogP contribution in [-0.2, 0) is 22.4 Å². The third-order valence-corrected chi connectivity index (χ3v) is 10.7. The van der Waals surface area contributed by atoms with Crippen molar-refractivity contribution in [2.45, 2.75) is 89.1 Å². The van der Waals surface area contributed by atoms with E-state index in [-0.39, 0.29) is 89.9 Å². The number of aliphatic carboxylic acids is 1. The van der Waals surface area contributed by atoms with Gasteiger partial charge in [0, 0.05) is 62.3 Å². The Morgan fingerprint density at radius 3 is 1.34 bits per heavy atom. The Kier molecular flexibility index (Phi) is 27.2. The molecule has 61 heavy (non-hydrogen) atoms. The van der Waals surface area contributed by atoms with Crippen LogP contribution in [0.15, 0.2) is 73.3 Å². The van der Waals surface area contributed by atoms with Crippen molar-refractivity contribution in [1.82, 2.24) is 35.1 Å². The number of carbonyl (C=O) groups excluding carboxylic acids is 1. The van der Waals surface area contributed by atoms with Crippen molar-refractivity contribution >= 4 is 65.9 Å². The summed E-state index contributed by atoms with van der Waals surface area (Å²) in [5.74, 6) is 2.79. The Hall–Kier alpha value is -3.58. The van der Waals surface area contributed by atoms with Crippen LogP contribution >= 0.6 is 54.0 Å². The highest BCUT2D eigenvalue weighted by Crippen LogP contribution is 2.45. The zero-order valence-corrected chi connectivity index (χ0v) is 40.4. The normalized spacial score (nSPS) is 14.6. The van der Waals surface area contributed by atoms with Crippen LogP contribution in [0.2, 0.25) is 0 Å². The van der Waals surface area contributed by atoms with E-state index in [4.69, 9.17) is 15.9 Å². The van der Waals surface area contributed by atoms with Crippen molar-refractivity contribution in [1.29, 1.82) is 0 Å². The summed E-state index contributed by atoms with van der Waals surface area (Å²) in [5.41, 5.74) is 10.0. The third-order valence-electron chi connectivity index (χ3n) is 10.7. The first-order chi connectivity index (χ1) is 27.2. The molecule has 1 amide bonds. The number of likely N-dealkylation sites (N-methyl/N-ethyl adjacent to an activating group) is 2. The number of phenols is 2. The molecule has 2 heterocycles. The summed E-state index contributed by atoms with van der Waals surface area (Å²) in [7, 11) is 8.09. The molecule has 2 saturated carbocycles. The average molecular weight is 919 g/mol. The van der Waals surface area contributed by atoms with E-state index in [9.17, 15) is 14.7 Å². The van der Waals surface area contributed by atoms with Gasteiger partial charge in [0.05, 0.1) is 6.42 Å².